The van der Waals surface area contributed by atoms with Gasteiger partial charge >= 0.3 is 0 Å². The van der Waals surface area contributed by atoms with Crippen molar-refractivity contribution in [3.63, 3.8) is 0 Å². The molecule has 3 aliphatic rings. The molecule has 1 saturated heterocycles. The monoisotopic (exact) mass is 562 g/mol. The summed E-state index contributed by atoms with van der Waals surface area (Å²) in [5.41, 5.74) is 5.92. The van der Waals surface area contributed by atoms with Crippen molar-refractivity contribution in [2.45, 2.75) is 99.7 Å². The highest BCUT2D eigenvalue weighted by Gasteiger charge is 2.77. The SMILES string of the molecule is CC1=C(C#C/C(C)=C/C=C/C(C)=C/C=C/C=C(C)/C=C/C=C(C)/C=C/C23OC2(C)C(=O)CCC3(C)C)C(C)(C)CC=C1. The van der Waals surface area contributed by atoms with E-state index in [4.69, 9.17) is 4.74 Å². The van der Waals surface area contributed by atoms with Gasteiger partial charge in [0.15, 0.2) is 11.4 Å². The van der Waals surface area contributed by atoms with Gasteiger partial charge in [-0.2, -0.15) is 0 Å². The molecule has 2 atom stereocenters. The topological polar surface area (TPSA) is 29.6 Å². The first-order valence-corrected chi connectivity index (χ1v) is 15.2. The molecule has 2 heteroatoms. The van der Waals surface area contributed by atoms with Crippen LogP contribution in [0, 0.1) is 22.7 Å². The van der Waals surface area contributed by atoms with Gasteiger partial charge in [0.2, 0.25) is 0 Å². The van der Waals surface area contributed by atoms with Crippen molar-refractivity contribution >= 4 is 5.78 Å². The summed E-state index contributed by atoms with van der Waals surface area (Å²) >= 11 is 0. The Labute approximate surface area is 255 Å². The average molecular weight is 563 g/mol. The second kappa shape index (κ2) is 13.3. The number of carbonyl (C=O) groups is 1. The van der Waals surface area contributed by atoms with Gasteiger partial charge in [0, 0.05) is 22.8 Å². The maximum Gasteiger partial charge on any atom is 0.167 e. The molecule has 2 fully saturated rings. The molecular formula is C40H50O2. The van der Waals surface area contributed by atoms with Gasteiger partial charge in [0.05, 0.1) is 0 Å². The number of carbonyl (C=O) groups excluding carboxylic acids is 1. The molecule has 0 amide bonds. The summed E-state index contributed by atoms with van der Waals surface area (Å²) in [6.07, 6.45) is 31.9. The van der Waals surface area contributed by atoms with Gasteiger partial charge in [-0.3, -0.25) is 4.79 Å². The van der Waals surface area contributed by atoms with Crippen LogP contribution in [-0.2, 0) is 9.53 Å². The molecule has 0 aromatic heterocycles. The normalized spacial score (nSPS) is 28.3. The van der Waals surface area contributed by atoms with E-state index in [-0.39, 0.29) is 16.6 Å². The number of hydrogen-bond donors (Lipinski definition) is 0. The second-order valence-corrected chi connectivity index (χ2v) is 13.5. The van der Waals surface area contributed by atoms with Gasteiger partial charge in [-0.15, -0.1) is 0 Å². The number of allylic oxidation sites excluding steroid dienone is 19. The van der Waals surface area contributed by atoms with Crippen LogP contribution in [0.5, 0.6) is 0 Å². The zero-order chi connectivity index (χ0) is 31.2. The van der Waals surface area contributed by atoms with Crippen LogP contribution < -0.4 is 0 Å². The number of ether oxygens (including phenoxy) is 1. The summed E-state index contributed by atoms with van der Waals surface area (Å²) in [6.45, 7) is 21.3. The van der Waals surface area contributed by atoms with E-state index in [1.54, 1.807) is 0 Å². The third kappa shape index (κ3) is 7.70. The van der Waals surface area contributed by atoms with Gasteiger partial charge in [-0.05, 0) is 71.6 Å². The molecule has 0 spiro atoms. The van der Waals surface area contributed by atoms with Gasteiger partial charge < -0.3 is 4.74 Å². The third-order valence-corrected chi connectivity index (χ3v) is 8.83. The Bertz CT molecular complexity index is 1440. The van der Waals surface area contributed by atoms with E-state index < -0.39 is 11.2 Å². The highest BCUT2D eigenvalue weighted by Crippen LogP contribution is 2.64. The predicted molar refractivity (Wildman–Crippen MR) is 180 cm³/mol. The number of Topliss-reactive ketones (excluding diaryl/α,β-unsaturated/α-hetero) is 1. The molecule has 2 unspecified atom stereocenters. The molecule has 1 aliphatic heterocycles. The average Bonchev–Trinajstić information content (AvgIpc) is 3.56. The van der Waals surface area contributed by atoms with Gasteiger partial charge in [-0.25, -0.2) is 0 Å². The van der Waals surface area contributed by atoms with Crippen LogP contribution in [0.25, 0.3) is 0 Å². The van der Waals surface area contributed by atoms with E-state index >= 15 is 0 Å². The zero-order valence-electron chi connectivity index (χ0n) is 27.5. The second-order valence-electron chi connectivity index (χ2n) is 13.5. The lowest BCUT2D eigenvalue weighted by molar-refractivity contribution is -0.125. The lowest BCUT2D eigenvalue weighted by Gasteiger charge is -2.35. The molecule has 0 aromatic carbocycles. The van der Waals surface area contributed by atoms with Crippen molar-refractivity contribution in [1.29, 1.82) is 0 Å². The van der Waals surface area contributed by atoms with Crippen LogP contribution in [0.3, 0.4) is 0 Å². The first-order chi connectivity index (χ1) is 19.6. The number of epoxide rings is 1. The fraction of sp³-hybridized carbons (Fsp3) is 0.425. The summed E-state index contributed by atoms with van der Waals surface area (Å²) in [7, 11) is 0. The molecular weight excluding hydrogens is 512 g/mol. The smallest absolute Gasteiger partial charge is 0.167 e. The van der Waals surface area contributed by atoms with E-state index in [0.717, 1.165) is 29.6 Å². The first-order valence-electron chi connectivity index (χ1n) is 15.2. The molecule has 0 aromatic rings. The fourth-order valence-electron chi connectivity index (χ4n) is 5.86. The largest absolute Gasteiger partial charge is 0.349 e. The van der Waals surface area contributed by atoms with Crippen LogP contribution >= 0.6 is 0 Å². The quantitative estimate of drug-likeness (QED) is 0.167. The third-order valence-electron chi connectivity index (χ3n) is 8.83. The zero-order valence-corrected chi connectivity index (χ0v) is 27.5. The Balaban J connectivity index is 1.52. The van der Waals surface area contributed by atoms with Crippen LogP contribution in [0.1, 0.15) is 88.5 Å². The lowest BCUT2D eigenvalue weighted by Crippen LogP contribution is -2.46. The van der Waals surface area contributed by atoms with E-state index in [9.17, 15) is 4.79 Å². The molecule has 2 aliphatic carbocycles. The van der Waals surface area contributed by atoms with E-state index in [2.05, 4.69) is 159 Å². The summed E-state index contributed by atoms with van der Waals surface area (Å²) in [5, 5.41) is 0. The first kappa shape index (κ1) is 33.1. The Morgan fingerprint density at radius 3 is 2.02 bits per heavy atom. The van der Waals surface area contributed by atoms with Gasteiger partial charge in [0.25, 0.3) is 0 Å². The van der Waals surface area contributed by atoms with Crippen molar-refractivity contribution < 1.29 is 9.53 Å². The van der Waals surface area contributed by atoms with E-state index in [1.807, 2.05) is 6.92 Å². The summed E-state index contributed by atoms with van der Waals surface area (Å²) < 4.78 is 6.10. The molecule has 222 valence electrons. The standard InChI is InChI=1S/C40H50O2/c1-30(18-13-20-32(3)23-24-35-34(5)22-15-27-37(35,6)7)16-11-12-17-31(2)19-14-21-33(4)25-29-40-38(8,9)28-26-36(41)39(40,10)42-40/h11-22,25,29H,26-28H2,1-10H3/b12-11+,18-13+,19-14+,29-25+,30-16+,31-17+,32-20+,33-21+. The van der Waals surface area contributed by atoms with Crippen LogP contribution in [0.15, 0.2) is 119 Å². The number of hydrogen-bond acceptors (Lipinski definition) is 2. The maximum atomic E-state index is 12.4. The van der Waals surface area contributed by atoms with Crippen molar-refractivity contribution in [2.24, 2.45) is 10.8 Å². The minimum atomic E-state index is -0.665. The van der Waals surface area contributed by atoms with Crippen molar-refractivity contribution in [3.8, 4) is 11.8 Å². The van der Waals surface area contributed by atoms with Crippen molar-refractivity contribution in [1.82, 2.24) is 0 Å². The van der Waals surface area contributed by atoms with Gasteiger partial charge in [0.1, 0.15) is 5.60 Å². The molecule has 0 radical (unpaired) electrons. The fourth-order valence-corrected chi connectivity index (χ4v) is 5.86. The summed E-state index contributed by atoms with van der Waals surface area (Å²) in [6, 6.07) is 0. The van der Waals surface area contributed by atoms with Crippen LogP contribution in [0.4, 0.5) is 0 Å². The van der Waals surface area contributed by atoms with Crippen LogP contribution in [0.2, 0.25) is 0 Å². The van der Waals surface area contributed by atoms with Crippen molar-refractivity contribution in [2.75, 3.05) is 0 Å². The molecule has 1 heterocycles. The Morgan fingerprint density at radius 1 is 0.833 bits per heavy atom. The van der Waals surface area contributed by atoms with E-state index in [0.29, 0.717) is 6.42 Å². The Kier molecular flexibility index (Phi) is 10.5. The summed E-state index contributed by atoms with van der Waals surface area (Å²) in [5.74, 6) is 6.97. The van der Waals surface area contributed by atoms with Crippen LogP contribution in [-0.4, -0.2) is 17.0 Å². The molecule has 42 heavy (non-hydrogen) atoms. The maximum absolute atomic E-state index is 12.4. The summed E-state index contributed by atoms with van der Waals surface area (Å²) in [4.78, 5) is 12.4. The Hall–Kier alpha value is -3.41. The highest BCUT2D eigenvalue weighted by molar-refractivity contribution is 5.93. The molecule has 1 saturated carbocycles. The van der Waals surface area contributed by atoms with E-state index in [1.165, 1.54) is 16.7 Å². The molecule has 2 nitrogen and oxygen atoms in total. The molecule has 0 bridgehead atoms. The number of fused-ring (bicyclic) bond motifs is 1. The highest BCUT2D eigenvalue weighted by atomic mass is 16.6. The predicted octanol–water partition coefficient (Wildman–Crippen LogP) is 10.2. The Morgan fingerprint density at radius 2 is 1.40 bits per heavy atom. The number of ketones is 1. The minimum Gasteiger partial charge on any atom is -0.349 e. The lowest BCUT2D eigenvalue weighted by atomic mass is 9.63. The van der Waals surface area contributed by atoms with Crippen molar-refractivity contribution in [3.05, 3.63) is 119 Å². The minimum absolute atomic E-state index is 0.0533. The molecule has 0 N–H and O–H groups in total. The number of rotatable bonds is 8. The van der Waals surface area contributed by atoms with Gasteiger partial charge in [-0.1, -0.05) is 135 Å². The molecule has 3 rings (SSSR count).